The lowest BCUT2D eigenvalue weighted by atomic mass is 9.91. The number of likely N-dealkylation sites (tertiary alicyclic amines) is 1. The van der Waals surface area contributed by atoms with Crippen LogP contribution in [-0.4, -0.2) is 24.0 Å². The maximum atomic E-state index is 5.83. The van der Waals surface area contributed by atoms with Gasteiger partial charge in [-0.2, -0.15) is 0 Å². The fourth-order valence-electron chi connectivity index (χ4n) is 2.77. The standard InChI is InChI=1S/C16H26N2/c1-14(17)7-8-15-9-11-18(12-10-15)13-16-5-3-2-4-6-16/h2-6,14-15H,7-13,17H2,1H3. The van der Waals surface area contributed by atoms with Gasteiger partial charge in [0.1, 0.15) is 0 Å². The third-order valence-electron chi connectivity index (χ3n) is 3.99. The zero-order chi connectivity index (χ0) is 12.8. The molecule has 18 heavy (non-hydrogen) atoms. The fraction of sp³-hybridized carbons (Fsp3) is 0.625. The van der Waals surface area contributed by atoms with Crippen LogP contribution in [0.4, 0.5) is 0 Å². The maximum Gasteiger partial charge on any atom is 0.0233 e. The molecule has 1 saturated heterocycles. The fourth-order valence-corrected chi connectivity index (χ4v) is 2.77. The molecule has 1 unspecified atom stereocenters. The smallest absolute Gasteiger partial charge is 0.0233 e. The summed E-state index contributed by atoms with van der Waals surface area (Å²) in [5, 5.41) is 0. The number of rotatable bonds is 5. The van der Waals surface area contributed by atoms with E-state index in [0.29, 0.717) is 6.04 Å². The number of nitrogens with zero attached hydrogens (tertiary/aromatic N) is 1. The second-order valence-corrected chi connectivity index (χ2v) is 5.76. The predicted molar refractivity (Wildman–Crippen MR) is 77.3 cm³/mol. The highest BCUT2D eigenvalue weighted by Crippen LogP contribution is 2.23. The van der Waals surface area contributed by atoms with Gasteiger partial charge in [0.25, 0.3) is 0 Å². The molecule has 1 atom stereocenters. The first-order chi connectivity index (χ1) is 8.74. The van der Waals surface area contributed by atoms with Crippen molar-refractivity contribution in [2.75, 3.05) is 13.1 Å². The van der Waals surface area contributed by atoms with Gasteiger partial charge in [-0.3, -0.25) is 4.90 Å². The first-order valence-corrected chi connectivity index (χ1v) is 7.26. The van der Waals surface area contributed by atoms with Crippen molar-refractivity contribution < 1.29 is 0 Å². The molecule has 0 aromatic heterocycles. The Morgan fingerprint density at radius 1 is 1.22 bits per heavy atom. The van der Waals surface area contributed by atoms with E-state index in [2.05, 4.69) is 42.2 Å². The van der Waals surface area contributed by atoms with E-state index in [4.69, 9.17) is 5.73 Å². The lowest BCUT2D eigenvalue weighted by molar-refractivity contribution is 0.170. The van der Waals surface area contributed by atoms with E-state index in [9.17, 15) is 0 Å². The first-order valence-electron chi connectivity index (χ1n) is 7.26. The van der Waals surface area contributed by atoms with Crippen LogP contribution in [0.15, 0.2) is 30.3 Å². The lowest BCUT2D eigenvalue weighted by Crippen LogP contribution is -2.33. The van der Waals surface area contributed by atoms with E-state index in [1.807, 2.05) is 0 Å². The third kappa shape index (κ3) is 4.43. The van der Waals surface area contributed by atoms with Gasteiger partial charge < -0.3 is 5.73 Å². The van der Waals surface area contributed by atoms with E-state index in [1.54, 1.807) is 0 Å². The van der Waals surface area contributed by atoms with Crippen molar-refractivity contribution in [1.29, 1.82) is 0 Å². The van der Waals surface area contributed by atoms with E-state index in [-0.39, 0.29) is 0 Å². The number of nitrogens with two attached hydrogens (primary N) is 1. The Bertz CT molecular complexity index is 326. The lowest BCUT2D eigenvalue weighted by Gasteiger charge is -2.32. The van der Waals surface area contributed by atoms with Gasteiger partial charge in [0.15, 0.2) is 0 Å². The molecule has 0 radical (unpaired) electrons. The van der Waals surface area contributed by atoms with Gasteiger partial charge in [-0.25, -0.2) is 0 Å². The molecular formula is C16H26N2. The SMILES string of the molecule is CC(N)CCC1CCN(Cc2ccccc2)CC1. The Morgan fingerprint density at radius 3 is 2.50 bits per heavy atom. The van der Waals surface area contributed by atoms with Crippen LogP contribution >= 0.6 is 0 Å². The van der Waals surface area contributed by atoms with Crippen molar-refractivity contribution in [3.8, 4) is 0 Å². The molecule has 2 nitrogen and oxygen atoms in total. The minimum atomic E-state index is 0.368. The van der Waals surface area contributed by atoms with Gasteiger partial charge in [0.2, 0.25) is 0 Å². The summed E-state index contributed by atoms with van der Waals surface area (Å²) < 4.78 is 0. The van der Waals surface area contributed by atoms with Crippen LogP contribution in [0.3, 0.4) is 0 Å². The average molecular weight is 246 g/mol. The Morgan fingerprint density at radius 2 is 1.89 bits per heavy atom. The number of hydrogen-bond donors (Lipinski definition) is 1. The highest BCUT2D eigenvalue weighted by atomic mass is 15.1. The molecule has 2 N–H and O–H groups in total. The van der Waals surface area contributed by atoms with Crippen LogP contribution in [0.25, 0.3) is 0 Å². The second-order valence-electron chi connectivity index (χ2n) is 5.76. The largest absolute Gasteiger partial charge is 0.328 e. The summed E-state index contributed by atoms with van der Waals surface area (Å²) in [6.45, 7) is 5.72. The quantitative estimate of drug-likeness (QED) is 0.865. The molecule has 0 bridgehead atoms. The molecule has 1 aliphatic rings. The highest BCUT2D eigenvalue weighted by Gasteiger charge is 2.19. The Hall–Kier alpha value is -0.860. The molecular weight excluding hydrogens is 220 g/mol. The number of piperidine rings is 1. The summed E-state index contributed by atoms with van der Waals surface area (Å²) >= 11 is 0. The summed E-state index contributed by atoms with van der Waals surface area (Å²) in [5.41, 5.74) is 7.27. The minimum absolute atomic E-state index is 0.368. The van der Waals surface area contributed by atoms with Gasteiger partial charge >= 0.3 is 0 Å². The molecule has 2 heteroatoms. The molecule has 0 aliphatic carbocycles. The van der Waals surface area contributed by atoms with E-state index < -0.39 is 0 Å². The minimum Gasteiger partial charge on any atom is -0.328 e. The third-order valence-corrected chi connectivity index (χ3v) is 3.99. The highest BCUT2D eigenvalue weighted by molar-refractivity contribution is 5.14. The van der Waals surface area contributed by atoms with Crippen molar-refractivity contribution >= 4 is 0 Å². The van der Waals surface area contributed by atoms with Crippen LogP contribution in [0, 0.1) is 5.92 Å². The van der Waals surface area contributed by atoms with Crippen molar-refractivity contribution in [3.63, 3.8) is 0 Å². The molecule has 1 aromatic rings. The molecule has 1 heterocycles. The van der Waals surface area contributed by atoms with Gasteiger partial charge in [-0.05, 0) is 57.2 Å². The van der Waals surface area contributed by atoms with Crippen LogP contribution in [-0.2, 0) is 6.54 Å². The zero-order valence-corrected chi connectivity index (χ0v) is 11.5. The summed E-state index contributed by atoms with van der Waals surface area (Å²) in [6, 6.07) is 11.2. The molecule has 0 saturated carbocycles. The van der Waals surface area contributed by atoms with Crippen molar-refractivity contribution in [1.82, 2.24) is 4.90 Å². The van der Waals surface area contributed by atoms with Crippen LogP contribution in [0.1, 0.15) is 38.2 Å². The van der Waals surface area contributed by atoms with Gasteiger partial charge in [-0.15, -0.1) is 0 Å². The predicted octanol–water partition coefficient (Wildman–Crippen LogP) is 3.03. The Kier molecular flexibility index (Phi) is 5.21. The number of benzene rings is 1. The van der Waals surface area contributed by atoms with Gasteiger partial charge in [-0.1, -0.05) is 30.3 Å². The van der Waals surface area contributed by atoms with Crippen LogP contribution < -0.4 is 5.73 Å². The molecule has 100 valence electrons. The number of hydrogen-bond acceptors (Lipinski definition) is 2. The Balaban J connectivity index is 1.70. The normalized spacial score (nSPS) is 19.9. The van der Waals surface area contributed by atoms with Gasteiger partial charge in [0.05, 0.1) is 0 Å². The molecule has 1 aromatic carbocycles. The molecule has 1 aliphatic heterocycles. The summed E-state index contributed by atoms with van der Waals surface area (Å²) in [6.07, 6.45) is 5.19. The average Bonchev–Trinajstić information content (AvgIpc) is 2.39. The van der Waals surface area contributed by atoms with E-state index in [1.165, 1.54) is 44.3 Å². The monoisotopic (exact) mass is 246 g/mol. The molecule has 0 amide bonds. The van der Waals surface area contributed by atoms with Crippen LogP contribution in [0.2, 0.25) is 0 Å². The van der Waals surface area contributed by atoms with Crippen LogP contribution in [0.5, 0.6) is 0 Å². The van der Waals surface area contributed by atoms with Crippen molar-refractivity contribution in [3.05, 3.63) is 35.9 Å². The first kappa shape index (κ1) is 13.6. The van der Waals surface area contributed by atoms with Crippen molar-refractivity contribution in [2.24, 2.45) is 11.7 Å². The molecule has 2 rings (SSSR count). The summed E-state index contributed by atoms with van der Waals surface area (Å²) in [4.78, 5) is 2.58. The topological polar surface area (TPSA) is 29.3 Å². The molecule has 0 spiro atoms. The molecule has 1 fully saturated rings. The maximum absolute atomic E-state index is 5.83. The summed E-state index contributed by atoms with van der Waals surface area (Å²) in [5.74, 6) is 0.906. The van der Waals surface area contributed by atoms with E-state index in [0.717, 1.165) is 12.5 Å². The van der Waals surface area contributed by atoms with Crippen molar-refractivity contribution in [2.45, 2.75) is 45.2 Å². The van der Waals surface area contributed by atoms with E-state index >= 15 is 0 Å². The summed E-state index contributed by atoms with van der Waals surface area (Å²) in [7, 11) is 0. The Labute approximate surface area is 111 Å². The zero-order valence-electron chi connectivity index (χ0n) is 11.5. The second kappa shape index (κ2) is 6.91. The van der Waals surface area contributed by atoms with Gasteiger partial charge in [0, 0.05) is 12.6 Å².